The van der Waals surface area contributed by atoms with Crippen LogP contribution in [0.25, 0.3) is 0 Å². The second-order valence-corrected chi connectivity index (χ2v) is 7.28. The Kier molecular flexibility index (Phi) is 4.53. The third-order valence-corrected chi connectivity index (χ3v) is 5.54. The predicted molar refractivity (Wildman–Crippen MR) is 78.4 cm³/mol. The zero-order valence-electron chi connectivity index (χ0n) is 12.0. The van der Waals surface area contributed by atoms with Crippen molar-refractivity contribution >= 4 is 21.5 Å². The van der Waals surface area contributed by atoms with Crippen molar-refractivity contribution < 1.29 is 23.1 Å². The molecule has 7 heteroatoms. The first-order valence-corrected chi connectivity index (χ1v) is 8.39. The van der Waals surface area contributed by atoms with E-state index in [4.69, 9.17) is 4.74 Å². The number of aliphatic carboxylic acids is 1. The normalized spacial score (nSPS) is 22.5. The molecular weight excluding hydrogens is 294 g/mol. The first kappa shape index (κ1) is 15.8. The Balaban J connectivity index is 2.27. The fraction of sp³-hybridized carbons (Fsp3) is 0.500. The Morgan fingerprint density at radius 2 is 2.00 bits per heavy atom. The van der Waals surface area contributed by atoms with Gasteiger partial charge >= 0.3 is 5.97 Å². The fourth-order valence-electron chi connectivity index (χ4n) is 2.50. The van der Waals surface area contributed by atoms with E-state index < -0.39 is 21.8 Å². The summed E-state index contributed by atoms with van der Waals surface area (Å²) in [6, 6.07) is 5.69. The minimum atomic E-state index is -3.24. The Hall–Kier alpha value is -1.60. The van der Waals surface area contributed by atoms with Gasteiger partial charge in [-0.15, -0.1) is 0 Å². The number of hydrogen-bond acceptors (Lipinski definition) is 5. The largest absolute Gasteiger partial charge is 0.480 e. The van der Waals surface area contributed by atoms with Crippen LogP contribution in [0, 0.1) is 0 Å². The summed E-state index contributed by atoms with van der Waals surface area (Å²) in [5, 5.41) is 9.29. The molecule has 0 aromatic heterocycles. The van der Waals surface area contributed by atoms with Gasteiger partial charge in [0.2, 0.25) is 0 Å². The monoisotopic (exact) mass is 313 g/mol. The summed E-state index contributed by atoms with van der Waals surface area (Å²) in [6.07, 6.45) is 0.283. The number of sulfone groups is 1. The molecule has 1 aromatic carbocycles. The van der Waals surface area contributed by atoms with Gasteiger partial charge in [-0.1, -0.05) is 6.92 Å². The van der Waals surface area contributed by atoms with Gasteiger partial charge in [-0.3, -0.25) is 0 Å². The van der Waals surface area contributed by atoms with Crippen molar-refractivity contribution in [3.8, 4) is 0 Å². The number of rotatable bonds is 5. The van der Waals surface area contributed by atoms with Crippen molar-refractivity contribution in [2.45, 2.75) is 30.4 Å². The van der Waals surface area contributed by atoms with Crippen molar-refractivity contribution in [2.75, 3.05) is 24.3 Å². The molecule has 2 atom stereocenters. The molecule has 0 bridgehead atoms. The van der Waals surface area contributed by atoms with Crippen LogP contribution in [0.2, 0.25) is 0 Å². The number of hydrogen-bond donors (Lipinski definition) is 1. The summed E-state index contributed by atoms with van der Waals surface area (Å²) in [7, 11) is -1.68. The van der Waals surface area contributed by atoms with E-state index in [0.717, 1.165) is 0 Å². The van der Waals surface area contributed by atoms with Crippen LogP contribution in [0.4, 0.5) is 5.69 Å². The topological polar surface area (TPSA) is 83.9 Å². The van der Waals surface area contributed by atoms with Crippen LogP contribution in [-0.2, 0) is 19.4 Å². The molecule has 2 unspecified atom stereocenters. The quantitative estimate of drug-likeness (QED) is 0.878. The van der Waals surface area contributed by atoms with Crippen LogP contribution in [0.15, 0.2) is 29.2 Å². The first-order valence-electron chi connectivity index (χ1n) is 6.74. The molecule has 116 valence electrons. The molecule has 1 saturated heterocycles. The van der Waals surface area contributed by atoms with Crippen LogP contribution >= 0.6 is 0 Å². The lowest BCUT2D eigenvalue weighted by Gasteiger charge is -2.23. The Morgan fingerprint density at radius 1 is 1.38 bits per heavy atom. The summed E-state index contributed by atoms with van der Waals surface area (Å²) in [6.45, 7) is 2.07. The number of methoxy groups -OCH3 is 1. The molecule has 6 nitrogen and oxygen atoms in total. The van der Waals surface area contributed by atoms with E-state index in [1.54, 1.807) is 31.1 Å². The van der Waals surface area contributed by atoms with Gasteiger partial charge in [0.05, 0.1) is 16.8 Å². The molecule has 2 rings (SSSR count). The second-order valence-electron chi connectivity index (χ2n) is 5.00. The molecule has 21 heavy (non-hydrogen) atoms. The molecule has 1 aliphatic heterocycles. The molecular formula is C14H19NO5S. The van der Waals surface area contributed by atoms with Crippen molar-refractivity contribution in [2.24, 2.45) is 0 Å². The third kappa shape index (κ3) is 3.19. The van der Waals surface area contributed by atoms with Gasteiger partial charge < -0.3 is 14.7 Å². The molecule has 0 spiro atoms. The average Bonchev–Trinajstić information content (AvgIpc) is 2.92. The van der Waals surface area contributed by atoms with Crippen LogP contribution in [0.3, 0.4) is 0 Å². The van der Waals surface area contributed by atoms with Gasteiger partial charge in [0, 0.05) is 25.8 Å². The van der Waals surface area contributed by atoms with Gasteiger partial charge in [-0.2, -0.15) is 0 Å². The minimum absolute atomic E-state index is 0.0412. The Bertz CT molecular complexity index is 611. The maximum atomic E-state index is 11.8. The zero-order valence-corrected chi connectivity index (χ0v) is 12.8. The maximum absolute atomic E-state index is 11.8. The smallest absolute Gasteiger partial charge is 0.326 e. The predicted octanol–water partition coefficient (Wildman–Crippen LogP) is 1.16. The lowest BCUT2D eigenvalue weighted by atomic mass is 10.2. The molecule has 1 N–H and O–H groups in total. The third-order valence-electron chi connectivity index (χ3n) is 3.79. The molecule has 1 aromatic rings. The number of carboxylic acid groups (broad SMARTS) is 1. The number of ether oxygens (including phenoxy) is 1. The summed E-state index contributed by atoms with van der Waals surface area (Å²) in [5.41, 5.74) is 0.692. The zero-order chi connectivity index (χ0) is 15.6. The number of carbonyl (C=O) groups is 1. The average molecular weight is 313 g/mol. The van der Waals surface area contributed by atoms with Crippen molar-refractivity contribution in [1.82, 2.24) is 0 Å². The van der Waals surface area contributed by atoms with Crippen molar-refractivity contribution in [1.29, 1.82) is 0 Å². The van der Waals surface area contributed by atoms with E-state index >= 15 is 0 Å². The van der Waals surface area contributed by atoms with Crippen LogP contribution < -0.4 is 4.90 Å². The van der Waals surface area contributed by atoms with E-state index in [9.17, 15) is 18.3 Å². The van der Waals surface area contributed by atoms with Crippen LogP contribution in [0.1, 0.15) is 13.3 Å². The Labute approximate surface area is 124 Å². The molecule has 0 radical (unpaired) electrons. The number of carboxylic acids is 1. The van der Waals surface area contributed by atoms with Crippen molar-refractivity contribution in [3.63, 3.8) is 0 Å². The van der Waals surface area contributed by atoms with E-state index in [1.165, 1.54) is 12.1 Å². The summed E-state index contributed by atoms with van der Waals surface area (Å²) in [4.78, 5) is 13.3. The van der Waals surface area contributed by atoms with Gasteiger partial charge in [-0.25, -0.2) is 13.2 Å². The summed E-state index contributed by atoms with van der Waals surface area (Å²) < 4.78 is 28.8. The fourth-order valence-corrected chi connectivity index (χ4v) is 3.38. The lowest BCUT2D eigenvalue weighted by Crippen LogP contribution is -2.35. The number of anilines is 1. The molecule has 1 heterocycles. The van der Waals surface area contributed by atoms with E-state index in [2.05, 4.69) is 0 Å². The van der Waals surface area contributed by atoms with E-state index in [0.29, 0.717) is 18.7 Å². The van der Waals surface area contributed by atoms with Gasteiger partial charge in [0.1, 0.15) is 6.04 Å². The van der Waals surface area contributed by atoms with Gasteiger partial charge in [-0.05, 0) is 24.3 Å². The Morgan fingerprint density at radius 3 is 2.48 bits per heavy atom. The van der Waals surface area contributed by atoms with Crippen LogP contribution in [0.5, 0.6) is 0 Å². The summed E-state index contributed by atoms with van der Waals surface area (Å²) in [5.74, 6) is -0.862. The molecule has 0 aliphatic carbocycles. The van der Waals surface area contributed by atoms with E-state index in [-0.39, 0.29) is 16.8 Å². The van der Waals surface area contributed by atoms with E-state index in [1.807, 2.05) is 0 Å². The summed E-state index contributed by atoms with van der Waals surface area (Å²) >= 11 is 0. The maximum Gasteiger partial charge on any atom is 0.326 e. The number of nitrogens with zero attached hydrogens (tertiary/aromatic N) is 1. The van der Waals surface area contributed by atoms with Gasteiger partial charge in [0.25, 0.3) is 0 Å². The standard InChI is InChI=1S/C14H19NO5S/c1-3-21(18,19)12-6-4-10(5-7-12)15-9-11(20-2)8-13(15)14(16)17/h4-7,11,13H,3,8-9H2,1-2H3,(H,16,17). The first-order chi connectivity index (χ1) is 9.89. The minimum Gasteiger partial charge on any atom is -0.480 e. The van der Waals surface area contributed by atoms with Crippen molar-refractivity contribution in [3.05, 3.63) is 24.3 Å². The highest BCUT2D eigenvalue weighted by atomic mass is 32.2. The SMILES string of the molecule is CCS(=O)(=O)c1ccc(N2CC(OC)CC2C(=O)O)cc1. The van der Waals surface area contributed by atoms with Crippen LogP contribution in [-0.4, -0.2) is 51.0 Å². The molecule has 0 saturated carbocycles. The second kappa shape index (κ2) is 6.03. The molecule has 1 fully saturated rings. The highest BCUT2D eigenvalue weighted by Gasteiger charge is 2.37. The lowest BCUT2D eigenvalue weighted by molar-refractivity contribution is -0.138. The number of benzene rings is 1. The molecule has 1 aliphatic rings. The highest BCUT2D eigenvalue weighted by molar-refractivity contribution is 7.91. The molecule has 0 amide bonds. The highest BCUT2D eigenvalue weighted by Crippen LogP contribution is 2.28. The van der Waals surface area contributed by atoms with Gasteiger partial charge in [0.15, 0.2) is 9.84 Å².